The third kappa shape index (κ3) is 2.78. The highest BCUT2D eigenvalue weighted by Gasteiger charge is 2.25. The number of aryl methyl sites for hydroxylation is 1. The van der Waals surface area contributed by atoms with Crippen molar-refractivity contribution in [3.8, 4) is 0 Å². The summed E-state index contributed by atoms with van der Waals surface area (Å²) in [6.45, 7) is 1.81. The maximum Gasteiger partial charge on any atom is 0.269 e. The molecule has 0 aromatic heterocycles. The molecule has 1 aliphatic rings. The number of nitro benzene ring substituents is 1. The van der Waals surface area contributed by atoms with Gasteiger partial charge < -0.3 is 4.90 Å². The Kier molecular flexibility index (Phi) is 3.59. The predicted octanol–water partition coefficient (Wildman–Crippen LogP) is 1.85. The van der Waals surface area contributed by atoms with E-state index in [-0.39, 0.29) is 17.4 Å². The van der Waals surface area contributed by atoms with E-state index < -0.39 is 4.92 Å². The molecular weight excluding hydrogens is 248 g/mol. The highest BCUT2D eigenvalue weighted by atomic mass is 16.6. The number of benzene rings is 1. The molecule has 0 bridgehead atoms. The molecule has 100 valence electrons. The Labute approximate surface area is 110 Å². The van der Waals surface area contributed by atoms with E-state index in [0.29, 0.717) is 31.5 Å². The third-order valence-corrected chi connectivity index (χ3v) is 3.16. The van der Waals surface area contributed by atoms with Crippen LogP contribution in [-0.4, -0.2) is 23.2 Å². The van der Waals surface area contributed by atoms with Gasteiger partial charge in [-0.15, -0.1) is 0 Å². The number of anilines is 1. The monoisotopic (exact) mass is 262 g/mol. The van der Waals surface area contributed by atoms with Crippen LogP contribution in [0.4, 0.5) is 11.4 Å². The number of fused-ring (bicyclic) bond motifs is 1. The first-order valence-electron chi connectivity index (χ1n) is 6.06. The van der Waals surface area contributed by atoms with E-state index in [9.17, 15) is 19.7 Å². The van der Waals surface area contributed by atoms with Crippen molar-refractivity contribution in [3.63, 3.8) is 0 Å². The van der Waals surface area contributed by atoms with Gasteiger partial charge in [0.1, 0.15) is 5.78 Å². The number of Topliss-reactive ketones (excluding diaryl/α,β-unsaturated/α-hetero) is 1. The summed E-state index contributed by atoms with van der Waals surface area (Å²) < 4.78 is 0. The summed E-state index contributed by atoms with van der Waals surface area (Å²) in [5, 5.41) is 10.7. The lowest BCUT2D eigenvalue weighted by Crippen LogP contribution is -2.36. The summed E-state index contributed by atoms with van der Waals surface area (Å²) in [5.41, 5.74) is 1.50. The molecule has 1 amide bonds. The maximum absolute atomic E-state index is 11.9. The molecule has 0 atom stereocenters. The van der Waals surface area contributed by atoms with Gasteiger partial charge in [0.25, 0.3) is 5.69 Å². The van der Waals surface area contributed by atoms with E-state index in [4.69, 9.17) is 0 Å². The van der Waals surface area contributed by atoms with Crippen LogP contribution in [0.3, 0.4) is 0 Å². The van der Waals surface area contributed by atoms with Crippen LogP contribution in [0.2, 0.25) is 0 Å². The van der Waals surface area contributed by atoms with Crippen LogP contribution in [-0.2, 0) is 16.0 Å². The Morgan fingerprint density at radius 2 is 2.16 bits per heavy atom. The Morgan fingerprint density at radius 3 is 2.79 bits per heavy atom. The highest BCUT2D eigenvalue weighted by molar-refractivity contribution is 5.97. The fourth-order valence-electron chi connectivity index (χ4n) is 2.17. The molecule has 6 nitrogen and oxygen atoms in total. The van der Waals surface area contributed by atoms with Gasteiger partial charge in [-0.25, -0.2) is 0 Å². The van der Waals surface area contributed by atoms with E-state index in [1.807, 2.05) is 0 Å². The summed E-state index contributed by atoms with van der Waals surface area (Å²) in [5.74, 6) is -0.0237. The van der Waals surface area contributed by atoms with Gasteiger partial charge >= 0.3 is 0 Å². The average molecular weight is 262 g/mol. The van der Waals surface area contributed by atoms with Gasteiger partial charge in [0.2, 0.25) is 5.91 Å². The summed E-state index contributed by atoms with van der Waals surface area (Å²) in [7, 11) is 0. The van der Waals surface area contributed by atoms with Gasteiger partial charge in [0.15, 0.2) is 0 Å². The summed E-state index contributed by atoms with van der Waals surface area (Å²) >= 11 is 0. The topological polar surface area (TPSA) is 80.5 Å². The molecule has 1 aromatic rings. The molecule has 0 spiro atoms. The van der Waals surface area contributed by atoms with E-state index in [1.165, 1.54) is 19.1 Å². The Morgan fingerprint density at radius 1 is 1.42 bits per heavy atom. The normalized spacial score (nSPS) is 14.2. The molecule has 0 fully saturated rings. The number of ketones is 1. The van der Waals surface area contributed by atoms with E-state index >= 15 is 0 Å². The van der Waals surface area contributed by atoms with Crippen molar-refractivity contribution >= 4 is 23.1 Å². The molecule has 2 rings (SSSR count). The lowest BCUT2D eigenvalue weighted by molar-refractivity contribution is -0.384. The minimum Gasteiger partial charge on any atom is -0.312 e. The second-order valence-electron chi connectivity index (χ2n) is 4.57. The zero-order chi connectivity index (χ0) is 14.0. The number of non-ortho nitro benzene ring substituents is 1. The molecule has 0 saturated heterocycles. The fraction of sp³-hybridized carbons (Fsp3) is 0.385. The first kappa shape index (κ1) is 13.2. The minimum absolute atomic E-state index is 0.0156. The van der Waals surface area contributed by atoms with Gasteiger partial charge in [-0.05, 0) is 25.0 Å². The van der Waals surface area contributed by atoms with Crippen LogP contribution in [0.5, 0.6) is 0 Å². The van der Waals surface area contributed by atoms with Crippen LogP contribution in [0.1, 0.15) is 25.3 Å². The molecule has 0 radical (unpaired) electrons. The first-order chi connectivity index (χ1) is 8.99. The second kappa shape index (κ2) is 5.17. The van der Waals surface area contributed by atoms with Gasteiger partial charge in [-0.3, -0.25) is 19.7 Å². The van der Waals surface area contributed by atoms with Crippen molar-refractivity contribution in [2.75, 3.05) is 11.4 Å². The number of amides is 1. The van der Waals surface area contributed by atoms with E-state index in [1.54, 1.807) is 11.0 Å². The second-order valence-corrected chi connectivity index (χ2v) is 4.57. The largest absolute Gasteiger partial charge is 0.312 e. The zero-order valence-corrected chi connectivity index (χ0v) is 10.6. The van der Waals surface area contributed by atoms with Gasteiger partial charge in [-0.2, -0.15) is 0 Å². The number of rotatable bonds is 4. The molecule has 6 heteroatoms. The Bertz CT molecular complexity index is 554. The summed E-state index contributed by atoms with van der Waals surface area (Å²) in [6, 6.07) is 4.48. The molecule has 0 N–H and O–H groups in total. The number of hydrogen-bond acceptors (Lipinski definition) is 4. The summed E-state index contributed by atoms with van der Waals surface area (Å²) in [4.78, 5) is 34.7. The predicted molar refractivity (Wildman–Crippen MR) is 69.1 cm³/mol. The zero-order valence-electron chi connectivity index (χ0n) is 10.6. The molecule has 1 aromatic carbocycles. The molecular formula is C13H14N2O4. The quantitative estimate of drug-likeness (QED) is 0.612. The van der Waals surface area contributed by atoms with Crippen LogP contribution in [0.25, 0.3) is 0 Å². The van der Waals surface area contributed by atoms with Crippen LogP contribution < -0.4 is 4.90 Å². The highest BCUT2D eigenvalue weighted by Crippen LogP contribution is 2.31. The smallest absolute Gasteiger partial charge is 0.269 e. The van der Waals surface area contributed by atoms with Gasteiger partial charge in [0, 0.05) is 37.2 Å². The third-order valence-electron chi connectivity index (χ3n) is 3.16. The molecule has 0 aliphatic carbocycles. The lowest BCUT2D eigenvalue weighted by Gasteiger charge is -2.29. The van der Waals surface area contributed by atoms with Crippen molar-refractivity contribution in [3.05, 3.63) is 33.9 Å². The van der Waals surface area contributed by atoms with E-state index in [0.717, 1.165) is 5.56 Å². The molecule has 1 aliphatic heterocycles. The average Bonchev–Trinajstić information content (AvgIpc) is 2.36. The van der Waals surface area contributed by atoms with Gasteiger partial charge in [0.05, 0.1) is 4.92 Å². The van der Waals surface area contributed by atoms with Crippen LogP contribution in [0.15, 0.2) is 18.2 Å². The molecule has 19 heavy (non-hydrogen) atoms. The summed E-state index contributed by atoms with van der Waals surface area (Å²) in [6.07, 6.45) is 1.13. The minimum atomic E-state index is -0.448. The van der Waals surface area contributed by atoms with Crippen LogP contribution in [0, 0.1) is 10.1 Å². The van der Waals surface area contributed by atoms with Gasteiger partial charge in [-0.1, -0.05) is 0 Å². The number of carbonyl (C=O) groups excluding carboxylic acids is 2. The fourth-order valence-corrected chi connectivity index (χ4v) is 2.17. The standard InChI is InChI=1S/C13H14N2O4/c1-9(16)6-7-14-12-4-3-11(15(18)19)8-10(12)2-5-13(14)17/h3-4,8H,2,5-7H2,1H3. The number of nitro groups is 1. The van der Waals surface area contributed by atoms with Crippen molar-refractivity contribution in [2.24, 2.45) is 0 Å². The SMILES string of the molecule is CC(=O)CCN1C(=O)CCc2cc([N+](=O)[O-])ccc21. The Hall–Kier alpha value is -2.24. The Balaban J connectivity index is 2.31. The molecule has 0 saturated carbocycles. The first-order valence-corrected chi connectivity index (χ1v) is 6.06. The number of hydrogen-bond donors (Lipinski definition) is 0. The van der Waals surface area contributed by atoms with Crippen molar-refractivity contribution in [2.45, 2.75) is 26.2 Å². The number of carbonyl (C=O) groups is 2. The van der Waals surface area contributed by atoms with Crippen molar-refractivity contribution in [1.82, 2.24) is 0 Å². The molecule has 0 unspecified atom stereocenters. The lowest BCUT2D eigenvalue weighted by atomic mass is 10.00. The maximum atomic E-state index is 11.9. The number of nitrogens with zero attached hydrogens (tertiary/aromatic N) is 2. The van der Waals surface area contributed by atoms with Crippen LogP contribution >= 0.6 is 0 Å². The van der Waals surface area contributed by atoms with E-state index in [2.05, 4.69) is 0 Å². The van der Waals surface area contributed by atoms with Crippen molar-refractivity contribution in [1.29, 1.82) is 0 Å². The molecule has 1 heterocycles. The van der Waals surface area contributed by atoms with Crippen molar-refractivity contribution < 1.29 is 14.5 Å².